The van der Waals surface area contributed by atoms with Gasteiger partial charge in [-0.05, 0) is 59.7 Å². The van der Waals surface area contributed by atoms with Gasteiger partial charge in [0.1, 0.15) is 0 Å². The Labute approximate surface area is 101 Å². The first-order valence-electron chi connectivity index (χ1n) is 7.33. The highest BCUT2D eigenvalue weighted by atomic mass is 14.7. The molecular formula is C16H28. The third-order valence-electron chi connectivity index (χ3n) is 7.39. The zero-order valence-electron chi connectivity index (χ0n) is 11.8. The first kappa shape index (κ1) is 11.1. The molecule has 0 heteroatoms. The SMILES string of the molecule is CCC1(C)CC1CC1CC2CC2(C)C1(C)C. The fourth-order valence-corrected chi connectivity index (χ4v) is 4.73. The smallest absolute Gasteiger partial charge is 0.0240 e. The van der Waals surface area contributed by atoms with E-state index in [1.54, 1.807) is 6.42 Å². The lowest BCUT2D eigenvalue weighted by molar-refractivity contribution is 0.132. The summed E-state index contributed by atoms with van der Waals surface area (Å²) in [7, 11) is 0. The minimum absolute atomic E-state index is 0.620. The van der Waals surface area contributed by atoms with Crippen molar-refractivity contribution in [3.8, 4) is 0 Å². The molecule has 3 rings (SSSR count). The van der Waals surface area contributed by atoms with Crippen molar-refractivity contribution in [1.29, 1.82) is 0 Å². The highest BCUT2D eigenvalue weighted by molar-refractivity contribution is 5.16. The topological polar surface area (TPSA) is 0 Å². The van der Waals surface area contributed by atoms with Crippen molar-refractivity contribution in [1.82, 2.24) is 0 Å². The van der Waals surface area contributed by atoms with Gasteiger partial charge in [0.25, 0.3) is 0 Å². The van der Waals surface area contributed by atoms with Crippen molar-refractivity contribution in [2.75, 3.05) is 0 Å². The third kappa shape index (κ3) is 1.22. The third-order valence-corrected chi connectivity index (χ3v) is 7.39. The first-order chi connectivity index (χ1) is 7.33. The van der Waals surface area contributed by atoms with Crippen LogP contribution < -0.4 is 0 Å². The fourth-order valence-electron chi connectivity index (χ4n) is 4.73. The minimum atomic E-state index is 0.620. The highest BCUT2D eigenvalue weighted by Gasteiger charge is 2.67. The summed E-state index contributed by atoms with van der Waals surface area (Å²) in [5, 5.41) is 0. The average Bonchev–Trinajstić information content (AvgIpc) is 3.03. The van der Waals surface area contributed by atoms with Gasteiger partial charge < -0.3 is 0 Å². The molecule has 0 aromatic heterocycles. The second kappa shape index (κ2) is 2.87. The maximum Gasteiger partial charge on any atom is -0.0240 e. The van der Waals surface area contributed by atoms with E-state index in [-0.39, 0.29) is 0 Å². The van der Waals surface area contributed by atoms with E-state index in [0.29, 0.717) is 5.41 Å². The maximum absolute atomic E-state index is 2.55. The Hall–Kier alpha value is 0. The van der Waals surface area contributed by atoms with E-state index < -0.39 is 0 Å². The van der Waals surface area contributed by atoms with E-state index in [9.17, 15) is 0 Å². The zero-order chi connectivity index (χ0) is 11.8. The lowest BCUT2D eigenvalue weighted by Gasteiger charge is -2.36. The molecule has 3 aliphatic carbocycles. The predicted octanol–water partition coefficient (Wildman–Crippen LogP) is 4.89. The molecule has 92 valence electrons. The molecule has 0 aromatic rings. The monoisotopic (exact) mass is 220 g/mol. The van der Waals surface area contributed by atoms with Crippen molar-refractivity contribution in [2.24, 2.45) is 34.0 Å². The largest absolute Gasteiger partial charge is 0.0649 e. The highest BCUT2D eigenvalue weighted by Crippen LogP contribution is 2.75. The van der Waals surface area contributed by atoms with Crippen molar-refractivity contribution in [3.05, 3.63) is 0 Å². The van der Waals surface area contributed by atoms with Gasteiger partial charge in [0, 0.05) is 0 Å². The van der Waals surface area contributed by atoms with Crippen LogP contribution in [-0.4, -0.2) is 0 Å². The van der Waals surface area contributed by atoms with Crippen LogP contribution in [0.2, 0.25) is 0 Å². The predicted molar refractivity (Wildman–Crippen MR) is 69.2 cm³/mol. The van der Waals surface area contributed by atoms with E-state index in [4.69, 9.17) is 0 Å². The van der Waals surface area contributed by atoms with Gasteiger partial charge in [0.05, 0.1) is 0 Å². The molecule has 0 spiro atoms. The lowest BCUT2D eigenvalue weighted by Crippen LogP contribution is -2.28. The zero-order valence-corrected chi connectivity index (χ0v) is 11.8. The molecule has 0 radical (unpaired) electrons. The van der Waals surface area contributed by atoms with E-state index in [0.717, 1.165) is 28.6 Å². The van der Waals surface area contributed by atoms with Crippen LogP contribution in [0.15, 0.2) is 0 Å². The molecule has 3 aliphatic rings. The molecule has 3 saturated carbocycles. The van der Waals surface area contributed by atoms with Gasteiger partial charge in [0.15, 0.2) is 0 Å². The van der Waals surface area contributed by atoms with Crippen molar-refractivity contribution < 1.29 is 0 Å². The van der Waals surface area contributed by atoms with Crippen LogP contribution in [0, 0.1) is 34.0 Å². The summed E-state index contributed by atoms with van der Waals surface area (Å²) in [6.45, 7) is 12.5. The van der Waals surface area contributed by atoms with Crippen LogP contribution in [-0.2, 0) is 0 Å². The van der Waals surface area contributed by atoms with E-state index in [1.807, 2.05) is 0 Å². The van der Waals surface area contributed by atoms with Crippen LogP contribution >= 0.6 is 0 Å². The van der Waals surface area contributed by atoms with E-state index in [2.05, 4.69) is 34.6 Å². The van der Waals surface area contributed by atoms with Gasteiger partial charge in [0.2, 0.25) is 0 Å². The van der Waals surface area contributed by atoms with E-state index in [1.165, 1.54) is 25.7 Å². The molecule has 0 N–H and O–H groups in total. The Kier molecular flexibility index (Phi) is 1.99. The maximum atomic E-state index is 2.55. The quantitative estimate of drug-likeness (QED) is 0.635. The van der Waals surface area contributed by atoms with Crippen LogP contribution in [0.3, 0.4) is 0 Å². The first-order valence-corrected chi connectivity index (χ1v) is 7.33. The van der Waals surface area contributed by atoms with Crippen LogP contribution in [0.1, 0.15) is 66.7 Å². The van der Waals surface area contributed by atoms with Gasteiger partial charge in [-0.15, -0.1) is 0 Å². The Morgan fingerprint density at radius 2 is 1.69 bits per heavy atom. The molecule has 5 unspecified atom stereocenters. The van der Waals surface area contributed by atoms with Crippen LogP contribution in [0.25, 0.3) is 0 Å². The second-order valence-corrected chi connectivity index (χ2v) is 8.12. The number of fused-ring (bicyclic) bond motifs is 1. The Morgan fingerprint density at radius 3 is 2.12 bits per heavy atom. The van der Waals surface area contributed by atoms with E-state index >= 15 is 0 Å². The summed E-state index contributed by atoms with van der Waals surface area (Å²) in [5.41, 5.74) is 2.06. The molecule has 0 amide bonds. The van der Waals surface area contributed by atoms with Crippen molar-refractivity contribution in [2.45, 2.75) is 66.7 Å². The molecule has 5 atom stereocenters. The Balaban J connectivity index is 1.66. The Morgan fingerprint density at radius 1 is 1.00 bits per heavy atom. The molecule has 0 bridgehead atoms. The van der Waals surface area contributed by atoms with Gasteiger partial charge in [-0.25, -0.2) is 0 Å². The summed E-state index contributed by atoms with van der Waals surface area (Å²) in [4.78, 5) is 0. The molecule has 16 heavy (non-hydrogen) atoms. The number of rotatable bonds is 3. The summed E-state index contributed by atoms with van der Waals surface area (Å²) in [6.07, 6.45) is 7.50. The van der Waals surface area contributed by atoms with Gasteiger partial charge in [-0.2, -0.15) is 0 Å². The van der Waals surface area contributed by atoms with Crippen LogP contribution in [0.4, 0.5) is 0 Å². The Bertz CT molecular complexity index is 316. The molecule has 0 aromatic carbocycles. The second-order valence-electron chi connectivity index (χ2n) is 8.12. The molecule has 3 fully saturated rings. The minimum Gasteiger partial charge on any atom is -0.0649 e. The van der Waals surface area contributed by atoms with Gasteiger partial charge >= 0.3 is 0 Å². The van der Waals surface area contributed by atoms with Gasteiger partial charge in [-0.3, -0.25) is 0 Å². The fraction of sp³-hybridized carbons (Fsp3) is 1.00. The summed E-state index contributed by atoms with van der Waals surface area (Å²) >= 11 is 0. The summed E-state index contributed by atoms with van der Waals surface area (Å²) in [6, 6.07) is 0. The van der Waals surface area contributed by atoms with Gasteiger partial charge in [-0.1, -0.05) is 41.0 Å². The molecule has 0 heterocycles. The molecular weight excluding hydrogens is 192 g/mol. The standard InChI is InChI=1S/C16H28/c1-6-15(4)9-12(15)7-11-8-13-10-16(13,5)14(11,2)3/h11-13H,6-10H2,1-5H3. The van der Waals surface area contributed by atoms with Crippen molar-refractivity contribution >= 4 is 0 Å². The average molecular weight is 220 g/mol. The molecule has 0 saturated heterocycles. The normalized spacial score (nSPS) is 57.2. The summed E-state index contributed by atoms with van der Waals surface area (Å²) in [5.74, 6) is 3.16. The number of hydrogen-bond donors (Lipinski definition) is 0. The molecule has 0 nitrogen and oxygen atoms in total. The van der Waals surface area contributed by atoms with Crippen LogP contribution in [0.5, 0.6) is 0 Å². The summed E-state index contributed by atoms with van der Waals surface area (Å²) < 4.78 is 0. The molecule has 0 aliphatic heterocycles. The number of hydrogen-bond acceptors (Lipinski definition) is 0. The lowest BCUT2D eigenvalue weighted by atomic mass is 9.69. The van der Waals surface area contributed by atoms with Crippen molar-refractivity contribution in [3.63, 3.8) is 0 Å².